The van der Waals surface area contributed by atoms with E-state index in [9.17, 15) is 19.5 Å². The fraction of sp³-hybridized carbons (Fsp3) is 0.368. The molecule has 5 rings (SSSR count). The third-order valence-corrected chi connectivity index (χ3v) is 9.35. The average molecular weight is 700 g/mol. The average Bonchev–Trinajstić information content (AvgIpc) is 3.59. The lowest BCUT2D eigenvalue weighted by Gasteiger charge is -2.25. The molecule has 50 heavy (non-hydrogen) atoms. The zero-order valence-electron chi connectivity index (χ0n) is 27.8. The van der Waals surface area contributed by atoms with Crippen molar-refractivity contribution in [2.24, 2.45) is 22.1 Å². The number of aliphatic hydroxyl groups excluding tert-OH is 1. The first kappa shape index (κ1) is 36.3. The smallest absolute Gasteiger partial charge is 0.330 e. The van der Waals surface area contributed by atoms with Gasteiger partial charge in [-0.25, -0.2) is 9.78 Å². The van der Waals surface area contributed by atoms with Crippen molar-refractivity contribution in [1.29, 1.82) is 0 Å². The number of aromatic nitrogens is 1. The fourth-order valence-corrected chi connectivity index (χ4v) is 6.55. The first-order chi connectivity index (χ1) is 24.4. The summed E-state index contributed by atoms with van der Waals surface area (Å²) < 4.78 is 23.0. The molecule has 0 bridgehead atoms. The first-order valence-corrected chi connectivity index (χ1v) is 17.7. The van der Waals surface area contributed by atoms with Crippen molar-refractivity contribution in [1.82, 2.24) is 4.98 Å². The van der Waals surface area contributed by atoms with Gasteiger partial charge in [-0.2, -0.15) is 0 Å². The van der Waals surface area contributed by atoms with Crippen LogP contribution in [0, 0.1) is 11.8 Å². The lowest BCUT2D eigenvalue weighted by Crippen LogP contribution is -2.30. The number of fused-ring (bicyclic) bond motifs is 1. The Labute approximate surface area is 295 Å². The van der Waals surface area contributed by atoms with E-state index in [1.165, 1.54) is 11.3 Å². The summed E-state index contributed by atoms with van der Waals surface area (Å²) in [6.45, 7) is 4.29. The number of aliphatic hydroxyl groups is 1. The molecule has 0 spiro atoms. The molecule has 0 aliphatic heterocycles. The van der Waals surface area contributed by atoms with Crippen molar-refractivity contribution in [3.8, 4) is 17.2 Å². The van der Waals surface area contributed by atoms with Crippen molar-refractivity contribution in [2.45, 2.75) is 57.8 Å². The lowest BCUT2D eigenvalue weighted by atomic mass is 9.82. The summed E-state index contributed by atoms with van der Waals surface area (Å²) in [6, 6.07) is 19.8. The molecule has 1 saturated carbocycles. The number of rotatable bonds is 17. The zero-order valence-corrected chi connectivity index (χ0v) is 28.6. The Hall–Kier alpha value is -4.94. The van der Waals surface area contributed by atoms with E-state index in [0.29, 0.717) is 78.9 Å². The number of benzene rings is 3. The molecule has 11 nitrogen and oxygen atoms in total. The van der Waals surface area contributed by atoms with E-state index < -0.39 is 5.97 Å². The number of unbranched alkanes of at least 4 members (excludes halogenated alkanes) is 3. The number of thiazole rings is 1. The molecule has 1 fully saturated rings. The van der Waals surface area contributed by atoms with E-state index in [0.717, 1.165) is 42.0 Å². The van der Waals surface area contributed by atoms with Crippen molar-refractivity contribution < 1.29 is 38.4 Å². The second-order valence-corrected chi connectivity index (χ2v) is 12.9. The number of esters is 3. The summed E-state index contributed by atoms with van der Waals surface area (Å²) in [5, 5.41) is 18.5. The van der Waals surface area contributed by atoms with Gasteiger partial charge in [0.2, 0.25) is 5.13 Å². The van der Waals surface area contributed by atoms with Gasteiger partial charge in [0.15, 0.2) is 5.75 Å². The third-order valence-electron chi connectivity index (χ3n) is 8.33. The third kappa shape index (κ3) is 10.5. The quantitative estimate of drug-likeness (QED) is 0.0379. The molecule has 1 aliphatic rings. The number of carbonyl (C=O) groups excluding carboxylic acids is 3. The second kappa shape index (κ2) is 18.7. The topological polar surface area (TPSA) is 146 Å². The number of carbonyl (C=O) groups is 3. The Kier molecular flexibility index (Phi) is 13.6. The Morgan fingerprint density at radius 2 is 1.48 bits per heavy atom. The number of azo groups is 1. The Morgan fingerprint density at radius 1 is 0.820 bits per heavy atom. The van der Waals surface area contributed by atoms with Gasteiger partial charge < -0.3 is 24.1 Å². The van der Waals surface area contributed by atoms with Crippen LogP contribution in [-0.2, 0) is 25.5 Å². The molecular formula is C38H41N3O8S. The van der Waals surface area contributed by atoms with Crippen LogP contribution in [0.15, 0.2) is 89.6 Å². The van der Waals surface area contributed by atoms with Gasteiger partial charge >= 0.3 is 17.9 Å². The van der Waals surface area contributed by atoms with Gasteiger partial charge in [0.05, 0.1) is 35.4 Å². The van der Waals surface area contributed by atoms with Crippen LogP contribution in [0.1, 0.15) is 56.9 Å². The number of hydrogen-bond donors (Lipinski definition) is 1. The van der Waals surface area contributed by atoms with Crippen molar-refractivity contribution in [3.05, 3.63) is 84.9 Å². The number of nitrogens with zero attached hydrogens (tertiary/aromatic N) is 3. The largest absolute Gasteiger partial charge is 0.494 e. The normalized spacial score (nSPS) is 15.9. The van der Waals surface area contributed by atoms with Crippen LogP contribution in [0.5, 0.6) is 17.2 Å². The van der Waals surface area contributed by atoms with Crippen LogP contribution in [0.4, 0.5) is 10.8 Å². The van der Waals surface area contributed by atoms with Gasteiger partial charge in [-0.1, -0.05) is 42.2 Å². The van der Waals surface area contributed by atoms with E-state index in [2.05, 4.69) is 21.8 Å². The van der Waals surface area contributed by atoms with E-state index in [4.69, 9.17) is 18.9 Å². The number of ether oxygens (including phenoxy) is 4. The van der Waals surface area contributed by atoms with Crippen molar-refractivity contribution in [3.63, 3.8) is 0 Å². The maximum absolute atomic E-state index is 13.2. The highest BCUT2D eigenvalue weighted by Crippen LogP contribution is 2.38. The predicted octanol–water partition coefficient (Wildman–Crippen LogP) is 8.23. The highest BCUT2D eigenvalue weighted by atomic mass is 32.1. The molecule has 0 saturated heterocycles. The summed E-state index contributed by atoms with van der Waals surface area (Å²) in [5.74, 6) is -0.273. The zero-order chi connectivity index (χ0) is 35.1. The van der Waals surface area contributed by atoms with Crippen LogP contribution < -0.4 is 14.2 Å². The number of hydrogen-bond acceptors (Lipinski definition) is 12. The van der Waals surface area contributed by atoms with E-state index in [-0.39, 0.29) is 30.4 Å². The highest BCUT2D eigenvalue weighted by Gasteiger charge is 2.32. The SMILES string of the molecule is C=CC(=O)OCCCCCCOc1ccc(OC(=O)C2CCC(C(=O)Oc3ccc(CCO)c4sc(/N=N\c5ccccc5)nc34)CC2)cc1. The molecule has 1 heterocycles. The minimum Gasteiger partial charge on any atom is -0.494 e. The lowest BCUT2D eigenvalue weighted by molar-refractivity contribution is -0.145. The molecule has 0 radical (unpaired) electrons. The van der Waals surface area contributed by atoms with Gasteiger partial charge in [0, 0.05) is 12.7 Å². The van der Waals surface area contributed by atoms with Crippen molar-refractivity contribution >= 4 is 50.3 Å². The summed E-state index contributed by atoms with van der Waals surface area (Å²) in [5.41, 5.74) is 2.08. The van der Waals surface area contributed by atoms with E-state index in [1.807, 2.05) is 36.4 Å². The standard InChI is InChI=1S/C38H41N3O8S/c1-2-33(43)47-25-9-4-3-8-24-46-30-17-19-31(20-18-30)48-36(44)27-12-14-28(15-13-27)37(45)49-32-21-16-26(22-23-42)35-34(32)39-38(50-35)41-40-29-10-6-5-7-11-29/h2,5-7,10-11,16-21,27-28,42H,1,3-4,8-9,12-15,22-25H2/b41-40-. The summed E-state index contributed by atoms with van der Waals surface area (Å²) in [7, 11) is 0. The molecule has 0 amide bonds. The first-order valence-electron chi connectivity index (χ1n) is 16.9. The molecule has 0 unspecified atom stereocenters. The van der Waals surface area contributed by atoms with Crippen LogP contribution in [0.3, 0.4) is 0 Å². The van der Waals surface area contributed by atoms with Crippen LogP contribution in [0.2, 0.25) is 0 Å². The predicted molar refractivity (Wildman–Crippen MR) is 189 cm³/mol. The second-order valence-electron chi connectivity index (χ2n) is 11.9. The van der Waals surface area contributed by atoms with Crippen LogP contribution in [-0.4, -0.2) is 47.8 Å². The molecule has 3 aromatic carbocycles. The van der Waals surface area contributed by atoms with E-state index in [1.54, 1.807) is 30.3 Å². The molecule has 0 atom stereocenters. The monoisotopic (exact) mass is 699 g/mol. The maximum Gasteiger partial charge on any atom is 0.330 e. The summed E-state index contributed by atoms with van der Waals surface area (Å²) >= 11 is 1.33. The van der Waals surface area contributed by atoms with Gasteiger partial charge in [0.25, 0.3) is 0 Å². The minimum atomic E-state index is -0.400. The molecule has 1 aliphatic carbocycles. The van der Waals surface area contributed by atoms with Gasteiger partial charge in [0.1, 0.15) is 17.0 Å². The molecule has 1 N–H and O–H groups in total. The Balaban J connectivity index is 1.07. The molecular weight excluding hydrogens is 658 g/mol. The molecule has 262 valence electrons. The molecule has 1 aromatic heterocycles. The Morgan fingerprint density at radius 3 is 2.16 bits per heavy atom. The molecule has 12 heteroatoms. The van der Waals surface area contributed by atoms with E-state index >= 15 is 0 Å². The summed E-state index contributed by atoms with van der Waals surface area (Å²) in [4.78, 5) is 41.8. The molecule has 4 aromatic rings. The summed E-state index contributed by atoms with van der Waals surface area (Å²) in [6.07, 6.45) is 7.20. The van der Waals surface area contributed by atoms with Crippen LogP contribution in [0.25, 0.3) is 10.2 Å². The maximum atomic E-state index is 13.2. The van der Waals surface area contributed by atoms with Crippen molar-refractivity contribution in [2.75, 3.05) is 19.8 Å². The van der Waals surface area contributed by atoms with Crippen LogP contribution >= 0.6 is 11.3 Å². The van der Waals surface area contributed by atoms with Gasteiger partial charge in [-0.3, -0.25) is 9.59 Å². The fourth-order valence-electron chi connectivity index (χ4n) is 5.60. The van der Waals surface area contributed by atoms with Gasteiger partial charge in [-0.05, 0) is 106 Å². The highest BCUT2D eigenvalue weighted by molar-refractivity contribution is 7.22. The minimum absolute atomic E-state index is 0.0281. The Bertz CT molecular complexity index is 1770. The van der Waals surface area contributed by atoms with Gasteiger partial charge in [-0.15, -0.1) is 10.2 Å².